The Labute approximate surface area is 163 Å². The van der Waals surface area contributed by atoms with Crippen molar-refractivity contribution in [3.05, 3.63) is 35.9 Å². The molecule has 0 bridgehead atoms. The predicted octanol–water partition coefficient (Wildman–Crippen LogP) is 3.02. The molecule has 5 unspecified atom stereocenters. The van der Waals surface area contributed by atoms with Crippen molar-refractivity contribution >= 4 is 11.8 Å². The summed E-state index contributed by atoms with van der Waals surface area (Å²) in [5.74, 6) is 1.44. The van der Waals surface area contributed by atoms with E-state index in [9.17, 15) is 9.59 Å². The average Bonchev–Trinajstić information content (AvgIpc) is 2.64. The lowest BCUT2D eigenvalue weighted by atomic mass is 9.70. The van der Waals surface area contributed by atoms with E-state index in [0.29, 0.717) is 24.3 Å². The van der Waals surface area contributed by atoms with Crippen LogP contribution in [-0.4, -0.2) is 24.4 Å². The zero-order chi connectivity index (χ0) is 20.0. The maximum absolute atomic E-state index is 13.0. The van der Waals surface area contributed by atoms with Crippen LogP contribution in [0.4, 0.5) is 0 Å². The quantitative estimate of drug-likeness (QED) is 0.687. The molecule has 0 aromatic heterocycles. The number of rotatable bonds is 7. The minimum absolute atomic E-state index is 0.0503. The highest BCUT2D eigenvalue weighted by Crippen LogP contribution is 2.38. The van der Waals surface area contributed by atoms with E-state index in [2.05, 4.69) is 31.4 Å². The average molecular weight is 374 g/mol. The number of carbonyl (C=O) groups excluding carboxylic acids is 2. The van der Waals surface area contributed by atoms with Crippen LogP contribution in [0.25, 0.3) is 0 Å². The first-order chi connectivity index (χ1) is 12.8. The van der Waals surface area contributed by atoms with Gasteiger partial charge in [0.2, 0.25) is 11.8 Å². The molecule has 1 aromatic rings. The van der Waals surface area contributed by atoms with E-state index in [1.165, 1.54) is 6.42 Å². The van der Waals surface area contributed by atoms with Gasteiger partial charge in [-0.05, 0) is 43.1 Å². The second kappa shape index (κ2) is 9.88. The summed E-state index contributed by atoms with van der Waals surface area (Å²) in [6, 6.07) is 8.84. The predicted molar refractivity (Wildman–Crippen MR) is 109 cm³/mol. The van der Waals surface area contributed by atoms with Gasteiger partial charge in [0.05, 0.1) is 12.1 Å². The van der Waals surface area contributed by atoms with Crippen LogP contribution in [-0.2, 0) is 9.59 Å². The third kappa shape index (κ3) is 6.06. The molecular weight excluding hydrogens is 338 g/mol. The van der Waals surface area contributed by atoms with Gasteiger partial charge in [-0.1, -0.05) is 57.5 Å². The summed E-state index contributed by atoms with van der Waals surface area (Å²) >= 11 is 0. The second-order valence-electron chi connectivity index (χ2n) is 8.44. The van der Waals surface area contributed by atoms with E-state index in [0.717, 1.165) is 18.4 Å². The molecule has 0 heterocycles. The topological polar surface area (TPSA) is 84.2 Å². The van der Waals surface area contributed by atoms with Crippen molar-refractivity contribution in [2.75, 3.05) is 6.54 Å². The van der Waals surface area contributed by atoms with E-state index >= 15 is 0 Å². The van der Waals surface area contributed by atoms with E-state index < -0.39 is 6.04 Å². The first kappa shape index (κ1) is 21.4. The zero-order valence-corrected chi connectivity index (χ0v) is 17.1. The van der Waals surface area contributed by atoms with Gasteiger partial charge in [0, 0.05) is 12.5 Å². The summed E-state index contributed by atoms with van der Waals surface area (Å²) in [5, 5.41) is 6.06. The summed E-state index contributed by atoms with van der Waals surface area (Å²) in [4.78, 5) is 25.1. The van der Waals surface area contributed by atoms with Crippen molar-refractivity contribution < 1.29 is 9.59 Å². The molecule has 27 heavy (non-hydrogen) atoms. The molecule has 1 aromatic carbocycles. The summed E-state index contributed by atoms with van der Waals surface area (Å²) in [6.07, 6.45) is 3.25. The van der Waals surface area contributed by atoms with Crippen LogP contribution in [0.15, 0.2) is 30.3 Å². The minimum atomic E-state index is -0.587. The molecule has 4 N–H and O–H groups in total. The monoisotopic (exact) mass is 373 g/mol. The Morgan fingerprint density at radius 1 is 1.15 bits per heavy atom. The fourth-order valence-electron chi connectivity index (χ4n) is 4.08. The SMILES string of the molecule is CC1CCC(C(C)C)C(C(=O)NCC(NC(=O)C(C)N)c2ccccc2)C1. The Morgan fingerprint density at radius 2 is 1.81 bits per heavy atom. The van der Waals surface area contributed by atoms with E-state index in [1.807, 2.05) is 30.3 Å². The van der Waals surface area contributed by atoms with Gasteiger partial charge in [-0.3, -0.25) is 9.59 Å². The van der Waals surface area contributed by atoms with Crippen LogP contribution in [0.1, 0.15) is 58.6 Å². The minimum Gasteiger partial charge on any atom is -0.353 e. The molecule has 0 radical (unpaired) electrons. The van der Waals surface area contributed by atoms with Crippen molar-refractivity contribution in [1.29, 1.82) is 0 Å². The van der Waals surface area contributed by atoms with Gasteiger partial charge in [0.1, 0.15) is 0 Å². The second-order valence-corrected chi connectivity index (χ2v) is 8.44. The lowest BCUT2D eigenvalue weighted by Gasteiger charge is -2.36. The maximum atomic E-state index is 13.0. The van der Waals surface area contributed by atoms with Gasteiger partial charge in [-0.15, -0.1) is 0 Å². The molecule has 150 valence electrons. The van der Waals surface area contributed by atoms with Crippen molar-refractivity contribution in [3.63, 3.8) is 0 Å². The number of hydrogen-bond acceptors (Lipinski definition) is 3. The molecule has 0 aliphatic heterocycles. The van der Waals surface area contributed by atoms with Gasteiger partial charge in [0.15, 0.2) is 0 Å². The summed E-state index contributed by atoms with van der Waals surface area (Å²) in [6.45, 7) is 8.67. The smallest absolute Gasteiger partial charge is 0.237 e. The van der Waals surface area contributed by atoms with Crippen molar-refractivity contribution in [2.24, 2.45) is 29.4 Å². The lowest BCUT2D eigenvalue weighted by molar-refractivity contribution is -0.130. The first-order valence-corrected chi connectivity index (χ1v) is 10.2. The summed E-state index contributed by atoms with van der Waals surface area (Å²) in [7, 11) is 0. The standard InChI is InChI=1S/C22H35N3O2/c1-14(2)18-11-10-15(3)12-19(18)22(27)24-13-20(25-21(26)16(4)23)17-8-6-5-7-9-17/h5-9,14-16,18-20H,10-13,23H2,1-4H3,(H,24,27)(H,25,26). The fourth-order valence-corrected chi connectivity index (χ4v) is 4.08. The molecule has 2 rings (SSSR count). The summed E-state index contributed by atoms with van der Waals surface area (Å²) in [5.41, 5.74) is 6.66. The maximum Gasteiger partial charge on any atom is 0.237 e. The Kier molecular flexibility index (Phi) is 7.84. The van der Waals surface area contributed by atoms with Crippen LogP contribution < -0.4 is 16.4 Å². The van der Waals surface area contributed by atoms with E-state index in [4.69, 9.17) is 5.73 Å². The third-order valence-electron chi connectivity index (χ3n) is 5.77. The number of nitrogens with two attached hydrogens (primary N) is 1. The van der Waals surface area contributed by atoms with Crippen LogP contribution in [0.2, 0.25) is 0 Å². The molecule has 0 saturated heterocycles. The zero-order valence-electron chi connectivity index (χ0n) is 17.1. The van der Waals surface area contributed by atoms with Gasteiger partial charge in [-0.25, -0.2) is 0 Å². The molecule has 5 nitrogen and oxygen atoms in total. The molecule has 5 heteroatoms. The Hall–Kier alpha value is -1.88. The van der Waals surface area contributed by atoms with Crippen molar-refractivity contribution in [1.82, 2.24) is 10.6 Å². The molecule has 0 spiro atoms. The van der Waals surface area contributed by atoms with Crippen molar-refractivity contribution in [2.45, 2.75) is 59.0 Å². The number of nitrogens with one attached hydrogen (secondary N) is 2. The number of hydrogen-bond donors (Lipinski definition) is 3. The number of benzene rings is 1. The Balaban J connectivity index is 2.06. The van der Waals surface area contributed by atoms with Crippen LogP contribution in [0, 0.1) is 23.7 Å². The van der Waals surface area contributed by atoms with E-state index in [-0.39, 0.29) is 23.8 Å². The fraction of sp³-hybridized carbons (Fsp3) is 0.636. The number of carbonyl (C=O) groups is 2. The molecule has 1 aliphatic rings. The van der Waals surface area contributed by atoms with E-state index in [1.54, 1.807) is 6.92 Å². The first-order valence-electron chi connectivity index (χ1n) is 10.2. The molecule has 5 atom stereocenters. The molecule has 2 amide bonds. The van der Waals surface area contributed by atoms with Gasteiger partial charge < -0.3 is 16.4 Å². The Morgan fingerprint density at radius 3 is 2.41 bits per heavy atom. The highest BCUT2D eigenvalue weighted by atomic mass is 16.2. The summed E-state index contributed by atoms with van der Waals surface area (Å²) < 4.78 is 0. The molecule has 1 saturated carbocycles. The van der Waals surface area contributed by atoms with Crippen LogP contribution >= 0.6 is 0 Å². The molecular formula is C22H35N3O2. The van der Waals surface area contributed by atoms with Crippen LogP contribution in [0.3, 0.4) is 0 Å². The normalized spacial score (nSPS) is 24.9. The van der Waals surface area contributed by atoms with Gasteiger partial charge >= 0.3 is 0 Å². The largest absolute Gasteiger partial charge is 0.353 e. The van der Waals surface area contributed by atoms with Crippen LogP contribution in [0.5, 0.6) is 0 Å². The van der Waals surface area contributed by atoms with Crippen molar-refractivity contribution in [3.8, 4) is 0 Å². The van der Waals surface area contributed by atoms with Gasteiger partial charge in [-0.2, -0.15) is 0 Å². The highest BCUT2D eigenvalue weighted by molar-refractivity contribution is 5.82. The molecule has 1 fully saturated rings. The number of amides is 2. The lowest BCUT2D eigenvalue weighted by Crippen LogP contribution is -2.46. The van der Waals surface area contributed by atoms with Gasteiger partial charge in [0.25, 0.3) is 0 Å². The molecule has 1 aliphatic carbocycles. The Bertz CT molecular complexity index is 615. The highest BCUT2D eigenvalue weighted by Gasteiger charge is 2.35. The third-order valence-corrected chi connectivity index (χ3v) is 5.77.